The van der Waals surface area contributed by atoms with E-state index in [4.69, 9.17) is 0 Å². The van der Waals surface area contributed by atoms with Gasteiger partial charge in [0.15, 0.2) is 6.54 Å². The molecule has 2 fully saturated rings. The van der Waals surface area contributed by atoms with E-state index in [1.807, 2.05) is 0 Å². The molecule has 0 bridgehead atoms. The van der Waals surface area contributed by atoms with Gasteiger partial charge < -0.3 is 9.80 Å². The number of nitrogens with zero attached hydrogens (tertiary/aromatic N) is 1. The third kappa shape index (κ3) is 1.03. The lowest BCUT2D eigenvalue weighted by Gasteiger charge is -2.39. The molecule has 0 radical (unpaired) electrons. The number of hydrogen-bond donors (Lipinski definition) is 1. The highest BCUT2D eigenvalue weighted by molar-refractivity contribution is 5.77. The van der Waals surface area contributed by atoms with E-state index in [1.165, 1.54) is 19.4 Å². The van der Waals surface area contributed by atoms with Crippen LogP contribution in [0.1, 0.15) is 12.8 Å². The van der Waals surface area contributed by atoms with Gasteiger partial charge in [-0.3, -0.25) is 4.79 Å². The zero-order chi connectivity index (χ0) is 7.90. The zero-order valence-electron chi connectivity index (χ0n) is 6.97. The van der Waals surface area contributed by atoms with E-state index in [9.17, 15) is 4.79 Å². The Morgan fingerprint density at radius 2 is 2.45 bits per heavy atom. The summed E-state index contributed by atoms with van der Waals surface area (Å²) in [5.74, 6) is 0.227. The fraction of sp³-hybridized carbons (Fsp3) is 0.875. The number of fused-ring (bicyclic) bond motifs is 1. The number of carbonyl (C=O) groups excluding carboxylic acids is 1. The average molecular weight is 155 g/mol. The Balaban J connectivity index is 2.16. The van der Waals surface area contributed by atoms with Crippen LogP contribution in [0.25, 0.3) is 0 Å². The predicted octanol–water partition coefficient (Wildman–Crippen LogP) is -0.275. The van der Waals surface area contributed by atoms with Gasteiger partial charge in [0.05, 0.1) is 20.1 Å². The second-order valence-corrected chi connectivity index (χ2v) is 3.96. The molecule has 2 heterocycles. The normalized spacial score (nSPS) is 43.4. The van der Waals surface area contributed by atoms with Crippen molar-refractivity contribution in [2.45, 2.75) is 18.9 Å². The molecule has 1 amide bonds. The van der Waals surface area contributed by atoms with Gasteiger partial charge in [0.1, 0.15) is 6.04 Å². The summed E-state index contributed by atoms with van der Waals surface area (Å²) in [6, 6.07) is 0.702. The SMILES string of the molecule is C[N@@+]12CCC[C@H]1CNC(=O)C2. The quantitative estimate of drug-likeness (QED) is 0.479. The van der Waals surface area contributed by atoms with Crippen LogP contribution < -0.4 is 5.32 Å². The fourth-order valence-corrected chi connectivity index (χ4v) is 2.33. The van der Waals surface area contributed by atoms with Gasteiger partial charge in [-0.15, -0.1) is 0 Å². The van der Waals surface area contributed by atoms with E-state index in [2.05, 4.69) is 12.4 Å². The van der Waals surface area contributed by atoms with Crippen molar-refractivity contribution >= 4 is 5.91 Å². The number of rotatable bonds is 0. The van der Waals surface area contributed by atoms with E-state index in [-0.39, 0.29) is 5.91 Å². The molecule has 3 heteroatoms. The van der Waals surface area contributed by atoms with Crippen LogP contribution >= 0.6 is 0 Å². The van der Waals surface area contributed by atoms with Gasteiger partial charge in [0, 0.05) is 12.8 Å². The summed E-state index contributed by atoms with van der Waals surface area (Å²) in [6.07, 6.45) is 2.58. The molecule has 2 saturated heterocycles. The second-order valence-electron chi connectivity index (χ2n) is 3.96. The molecule has 2 atom stereocenters. The first-order valence-corrected chi connectivity index (χ1v) is 4.32. The van der Waals surface area contributed by atoms with Crippen LogP contribution in [0.5, 0.6) is 0 Å². The maximum atomic E-state index is 11.1. The van der Waals surface area contributed by atoms with Crippen molar-refractivity contribution in [2.75, 3.05) is 26.7 Å². The summed E-state index contributed by atoms with van der Waals surface area (Å²) in [5.41, 5.74) is 0. The van der Waals surface area contributed by atoms with Gasteiger partial charge in [-0.1, -0.05) is 0 Å². The summed E-state index contributed by atoms with van der Waals surface area (Å²) < 4.78 is 0.992. The molecule has 2 aliphatic rings. The van der Waals surface area contributed by atoms with Crippen LogP contribution in [-0.2, 0) is 4.79 Å². The molecule has 0 aromatic heterocycles. The number of hydrogen-bond acceptors (Lipinski definition) is 1. The Bertz CT molecular complexity index is 193. The van der Waals surface area contributed by atoms with Crippen LogP contribution in [0.3, 0.4) is 0 Å². The molecule has 2 rings (SSSR count). The summed E-state index contributed by atoms with van der Waals surface area (Å²) in [6.45, 7) is 2.79. The molecule has 0 aromatic carbocycles. The highest BCUT2D eigenvalue weighted by atomic mass is 16.2. The van der Waals surface area contributed by atoms with E-state index in [0.717, 1.165) is 11.0 Å². The second kappa shape index (κ2) is 2.21. The topological polar surface area (TPSA) is 29.1 Å². The van der Waals surface area contributed by atoms with Crippen molar-refractivity contribution in [1.29, 1.82) is 0 Å². The van der Waals surface area contributed by atoms with Crippen molar-refractivity contribution in [3.05, 3.63) is 0 Å². The molecule has 0 aliphatic carbocycles. The number of quaternary nitrogens is 1. The minimum absolute atomic E-state index is 0.227. The van der Waals surface area contributed by atoms with E-state index in [1.54, 1.807) is 0 Å². The Morgan fingerprint density at radius 1 is 1.64 bits per heavy atom. The molecule has 0 spiro atoms. The van der Waals surface area contributed by atoms with Crippen molar-refractivity contribution in [3.63, 3.8) is 0 Å². The van der Waals surface area contributed by atoms with Crippen LogP contribution in [-0.4, -0.2) is 43.1 Å². The number of likely N-dealkylation sites (N-methyl/N-ethyl adjacent to an activating group) is 1. The Kier molecular flexibility index (Phi) is 1.42. The summed E-state index contributed by atoms with van der Waals surface area (Å²) in [7, 11) is 2.20. The van der Waals surface area contributed by atoms with E-state index < -0.39 is 0 Å². The number of amides is 1. The molecule has 0 aromatic rings. The highest BCUT2D eigenvalue weighted by Crippen LogP contribution is 2.25. The third-order valence-electron chi connectivity index (χ3n) is 3.13. The van der Waals surface area contributed by atoms with E-state index in [0.29, 0.717) is 12.6 Å². The summed E-state index contributed by atoms with van der Waals surface area (Å²) >= 11 is 0. The third-order valence-corrected chi connectivity index (χ3v) is 3.13. The van der Waals surface area contributed by atoms with Crippen molar-refractivity contribution < 1.29 is 9.28 Å². The minimum atomic E-state index is 0.227. The smallest absolute Gasteiger partial charge is 0.275 e. The molecular weight excluding hydrogens is 140 g/mol. The lowest BCUT2D eigenvalue weighted by molar-refractivity contribution is -0.914. The first kappa shape index (κ1) is 7.10. The van der Waals surface area contributed by atoms with Gasteiger partial charge in [0.25, 0.3) is 5.91 Å². The van der Waals surface area contributed by atoms with E-state index >= 15 is 0 Å². The molecule has 62 valence electrons. The average Bonchev–Trinajstić information content (AvgIpc) is 2.28. The molecule has 3 nitrogen and oxygen atoms in total. The van der Waals surface area contributed by atoms with Crippen LogP contribution in [0, 0.1) is 0 Å². The number of carbonyl (C=O) groups is 1. The Labute approximate surface area is 67.0 Å². The maximum absolute atomic E-state index is 11.1. The van der Waals surface area contributed by atoms with Crippen molar-refractivity contribution in [2.24, 2.45) is 0 Å². The van der Waals surface area contributed by atoms with Gasteiger partial charge in [-0.2, -0.15) is 0 Å². The van der Waals surface area contributed by atoms with Crippen LogP contribution in [0.2, 0.25) is 0 Å². The molecular formula is C8H15N2O+. The lowest BCUT2D eigenvalue weighted by atomic mass is 10.1. The predicted molar refractivity (Wildman–Crippen MR) is 42.0 cm³/mol. The number of nitrogens with one attached hydrogen (secondary N) is 1. The van der Waals surface area contributed by atoms with Gasteiger partial charge in [0.2, 0.25) is 0 Å². The number of piperazine rings is 1. The highest BCUT2D eigenvalue weighted by Gasteiger charge is 2.42. The first-order valence-electron chi connectivity index (χ1n) is 4.32. The largest absolute Gasteiger partial charge is 0.345 e. The molecule has 11 heavy (non-hydrogen) atoms. The lowest BCUT2D eigenvalue weighted by Crippen LogP contribution is -2.61. The van der Waals surface area contributed by atoms with Gasteiger partial charge in [-0.25, -0.2) is 0 Å². The first-order chi connectivity index (χ1) is 5.21. The van der Waals surface area contributed by atoms with Crippen molar-refractivity contribution in [1.82, 2.24) is 5.32 Å². The minimum Gasteiger partial charge on any atom is -0.345 e. The molecule has 1 N–H and O–H groups in total. The molecule has 0 saturated carbocycles. The molecule has 2 aliphatic heterocycles. The fourth-order valence-electron chi connectivity index (χ4n) is 2.33. The maximum Gasteiger partial charge on any atom is 0.275 e. The van der Waals surface area contributed by atoms with Crippen molar-refractivity contribution in [3.8, 4) is 0 Å². The van der Waals surface area contributed by atoms with Gasteiger partial charge >= 0.3 is 0 Å². The molecule has 0 unspecified atom stereocenters. The van der Waals surface area contributed by atoms with Gasteiger partial charge in [-0.05, 0) is 0 Å². The van der Waals surface area contributed by atoms with Crippen LogP contribution in [0.4, 0.5) is 0 Å². The zero-order valence-corrected chi connectivity index (χ0v) is 6.97. The Morgan fingerprint density at radius 3 is 3.27 bits per heavy atom. The monoisotopic (exact) mass is 155 g/mol. The van der Waals surface area contributed by atoms with Crippen LogP contribution in [0.15, 0.2) is 0 Å². The summed E-state index contributed by atoms with van der Waals surface area (Å²) in [4.78, 5) is 11.1. The standard InChI is InChI=1S/C8H14N2O/c1-10-4-2-3-7(10)5-9-8(11)6-10/h7H,2-6H2,1H3/p+1/t7-,10-/m0/s1. The summed E-state index contributed by atoms with van der Waals surface area (Å²) in [5, 5.41) is 2.92. The Hall–Kier alpha value is -0.570.